The van der Waals surface area contributed by atoms with Gasteiger partial charge in [0.1, 0.15) is 12.3 Å². The molecule has 1 unspecified atom stereocenters. The Hall–Kier alpha value is -2.57. The SMILES string of the molecule is CCCCN(C)C(=O)CN1C(=O)C(C)Oc2ccc(C(=O)O)cc21. The number of unbranched alkanes of at least 4 members (excludes halogenated alkanes) is 1. The number of carbonyl (C=O) groups is 3. The molecule has 0 radical (unpaired) electrons. The number of hydrogen-bond acceptors (Lipinski definition) is 4. The Morgan fingerprint density at radius 2 is 2.08 bits per heavy atom. The molecule has 2 rings (SSSR count). The highest BCUT2D eigenvalue weighted by Gasteiger charge is 2.33. The maximum absolute atomic E-state index is 12.4. The molecule has 24 heavy (non-hydrogen) atoms. The molecule has 1 aromatic carbocycles. The highest BCUT2D eigenvalue weighted by atomic mass is 16.5. The largest absolute Gasteiger partial charge is 0.479 e. The molecule has 0 spiro atoms. The summed E-state index contributed by atoms with van der Waals surface area (Å²) in [6, 6.07) is 4.29. The van der Waals surface area contributed by atoms with E-state index in [-0.39, 0.29) is 23.9 Å². The van der Waals surface area contributed by atoms with Gasteiger partial charge in [-0.05, 0) is 31.5 Å². The van der Waals surface area contributed by atoms with Crippen molar-refractivity contribution in [2.24, 2.45) is 0 Å². The summed E-state index contributed by atoms with van der Waals surface area (Å²) in [7, 11) is 1.70. The molecule has 1 N–H and O–H groups in total. The number of ether oxygens (including phenoxy) is 1. The average molecular weight is 334 g/mol. The highest BCUT2D eigenvalue weighted by molar-refractivity contribution is 6.04. The van der Waals surface area contributed by atoms with Crippen molar-refractivity contribution in [1.29, 1.82) is 0 Å². The third kappa shape index (κ3) is 3.67. The fourth-order valence-corrected chi connectivity index (χ4v) is 2.48. The van der Waals surface area contributed by atoms with Crippen LogP contribution in [-0.2, 0) is 9.59 Å². The summed E-state index contributed by atoms with van der Waals surface area (Å²) in [6.45, 7) is 4.12. The number of fused-ring (bicyclic) bond motifs is 1. The monoisotopic (exact) mass is 334 g/mol. The van der Waals surface area contributed by atoms with E-state index in [1.54, 1.807) is 18.9 Å². The molecule has 1 aliphatic heterocycles. The van der Waals surface area contributed by atoms with Crippen molar-refractivity contribution in [2.75, 3.05) is 25.0 Å². The molecule has 0 aromatic heterocycles. The summed E-state index contributed by atoms with van der Waals surface area (Å²) < 4.78 is 5.51. The molecular weight excluding hydrogens is 312 g/mol. The van der Waals surface area contributed by atoms with Crippen LogP contribution in [0.3, 0.4) is 0 Å². The van der Waals surface area contributed by atoms with E-state index < -0.39 is 12.1 Å². The molecule has 1 atom stereocenters. The number of likely N-dealkylation sites (N-methyl/N-ethyl adjacent to an activating group) is 1. The smallest absolute Gasteiger partial charge is 0.335 e. The second-order valence-corrected chi connectivity index (χ2v) is 5.84. The van der Waals surface area contributed by atoms with Crippen molar-refractivity contribution < 1.29 is 24.2 Å². The average Bonchev–Trinajstić information content (AvgIpc) is 2.56. The maximum Gasteiger partial charge on any atom is 0.335 e. The van der Waals surface area contributed by atoms with Gasteiger partial charge in [0.2, 0.25) is 5.91 Å². The van der Waals surface area contributed by atoms with Gasteiger partial charge in [-0.25, -0.2) is 4.79 Å². The predicted molar refractivity (Wildman–Crippen MR) is 88.4 cm³/mol. The van der Waals surface area contributed by atoms with Gasteiger partial charge < -0.3 is 14.7 Å². The van der Waals surface area contributed by atoms with Gasteiger partial charge >= 0.3 is 5.97 Å². The Morgan fingerprint density at radius 1 is 1.38 bits per heavy atom. The molecule has 2 amide bonds. The van der Waals surface area contributed by atoms with Crippen molar-refractivity contribution in [1.82, 2.24) is 4.90 Å². The van der Waals surface area contributed by atoms with Crippen LogP contribution in [0.5, 0.6) is 5.75 Å². The van der Waals surface area contributed by atoms with Gasteiger partial charge in [-0.1, -0.05) is 13.3 Å². The van der Waals surface area contributed by atoms with Crippen LogP contribution in [0.4, 0.5) is 5.69 Å². The van der Waals surface area contributed by atoms with Crippen molar-refractivity contribution in [2.45, 2.75) is 32.8 Å². The van der Waals surface area contributed by atoms with Crippen LogP contribution in [-0.4, -0.2) is 54.0 Å². The maximum atomic E-state index is 12.4. The summed E-state index contributed by atoms with van der Waals surface area (Å²) in [5.74, 6) is -1.26. The minimum atomic E-state index is -1.10. The number of carboxylic acid groups (broad SMARTS) is 1. The molecule has 0 saturated carbocycles. The first-order valence-corrected chi connectivity index (χ1v) is 7.94. The van der Waals surface area contributed by atoms with E-state index in [0.717, 1.165) is 12.8 Å². The molecule has 1 heterocycles. The van der Waals surface area contributed by atoms with Crippen LogP contribution >= 0.6 is 0 Å². The lowest BCUT2D eigenvalue weighted by atomic mass is 10.1. The van der Waals surface area contributed by atoms with Crippen LogP contribution < -0.4 is 9.64 Å². The van der Waals surface area contributed by atoms with E-state index in [1.165, 1.54) is 23.1 Å². The lowest BCUT2D eigenvalue weighted by Crippen LogP contribution is -2.49. The Morgan fingerprint density at radius 3 is 2.71 bits per heavy atom. The van der Waals surface area contributed by atoms with Gasteiger partial charge in [-0.2, -0.15) is 0 Å². The van der Waals surface area contributed by atoms with E-state index in [1.807, 2.05) is 6.92 Å². The Labute approximate surface area is 140 Å². The van der Waals surface area contributed by atoms with E-state index in [4.69, 9.17) is 9.84 Å². The molecule has 1 aliphatic rings. The highest BCUT2D eigenvalue weighted by Crippen LogP contribution is 2.34. The van der Waals surface area contributed by atoms with Crippen LogP contribution in [0.1, 0.15) is 37.0 Å². The summed E-state index contributed by atoms with van der Waals surface area (Å²) in [4.78, 5) is 38.9. The minimum absolute atomic E-state index is 0.0384. The lowest BCUT2D eigenvalue weighted by molar-refractivity contribution is -0.132. The lowest BCUT2D eigenvalue weighted by Gasteiger charge is -2.33. The zero-order chi connectivity index (χ0) is 17.9. The molecule has 0 bridgehead atoms. The minimum Gasteiger partial charge on any atom is -0.479 e. The van der Waals surface area contributed by atoms with E-state index >= 15 is 0 Å². The van der Waals surface area contributed by atoms with Gasteiger partial charge in [0.15, 0.2) is 6.10 Å². The second kappa shape index (κ2) is 7.33. The number of aromatic carboxylic acids is 1. The fourth-order valence-electron chi connectivity index (χ4n) is 2.48. The van der Waals surface area contributed by atoms with E-state index in [9.17, 15) is 14.4 Å². The van der Waals surface area contributed by atoms with Crippen molar-refractivity contribution in [3.8, 4) is 5.75 Å². The Kier molecular flexibility index (Phi) is 5.43. The molecular formula is C17H22N2O5. The Balaban J connectivity index is 2.28. The van der Waals surface area contributed by atoms with Crippen LogP contribution in [0.25, 0.3) is 0 Å². The number of rotatable bonds is 6. The van der Waals surface area contributed by atoms with Gasteiger partial charge in [0.25, 0.3) is 5.91 Å². The number of nitrogens with zero attached hydrogens (tertiary/aromatic N) is 2. The third-order valence-electron chi connectivity index (χ3n) is 3.98. The zero-order valence-electron chi connectivity index (χ0n) is 14.1. The number of benzene rings is 1. The molecule has 130 valence electrons. The van der Waals surface area contributed by atoms with Crippen molar-refractivity contribution >= 4 is 23.5 Å². The molecule has 7 nitrogen and oxygen atoms in total. The number of carboxylic acids is 1. The molecule has 7 heteroatoms. The van der Waals surface area contributed by atoms with E-state index in [0.29, 0.717) is 18.0 Å². The van der Waals surface area contributed by atoms with Crippen LogP contribution in [0.15, 0.2) is 18.2 Å². The summed E-state index contributed by atoms with van der Waals surface area (Å²) in [6.07, 6.45) is 1.13. The van der Waals surface area contributed by atoms with Crippen LogP contribution in [0.2, 0.25) is 0 Å². The van der Waals surface area contributed by atoms with E-state index in [2.05, 4.69) is 0 Å². The quantitative estimate of drug-likeness (QED) is 0.856. The molecule has 0 saturated heterocycles. The van der Waals surface area contributed by atoms with Crippen molar-refractivity contribution in [3.63, 3.8) is 0 Å². The normalized spacial score (nSPS) is 16.4. The third-order valence-corrected chi connectivity index (χ3v) is 3.98. The molecule has 1 aromatic rings. The number of carbonyl (C=O) groups excluding carboxylic acids is 2. The summed E-state index contributed by atoms with van der Waals surface area (Å²) >= 11 is 0. The van der Waals surface area contributed by atoms with Gasteiger partial charge in [-0.3, -0.25) is 14.5 Å². The summed E-state index contributed by atoms with van der Waals surface area (Å²) in [5.41, 5.74) is 0.353. The van der Waals surface area contributed by atoms with Gasteiger partial charge in [0.05, 0.1) is 11.3 Å². The van der Waals surface area contributed by atoms with Crippen molar-refractivity contribution in [3.05, 3.63) is 23.8 Å². The predicted octanol–water partition coefficient (Wildman–Crippen LogP) is 1.76. The fraction of sp³-hybridized carbons (Fsp3) is 0.471. The standard InChI is InChI=1S/C17H22N2O5/c1-4-5-8-18(3)15(20)10-19-13-9-12(17(22)23)6-7-14(13)24-11(2)16(19)21/h6-7,9,11H,4-5,8,10H2,1-3H3,(H,22,23). The second-order valence-electron chi connectivity index (χ2n) is 5.84. The van der Waals surface area contributed by atoms with Gasteiger partial charge in [0, 0.05) is 13.6 Å². The van der Waals surface area contributed by atoms with Gasteiger partial charge in [-0.15, -0.1) is 0 Å². The Bertz CT molecular complexity index is 658. The molecule has 0 fully saturated rings. The summed E-state index contributed by atoms with van der Waals surface area (Å²) in [5, 5.41) is 9.14. The topological polar surface area (TPSA) is 87.2 Å². The zero-order valence-corrected chi connectivity index (χ0v) is 14.1. The number of anilines is 1. The first-order chi connectivity index (χ1) is 11.3. The number of amides is 2. The first-order valence-electron chi connectivity index (χ1n) is 7.94. The molecule has 0 aliphatic carbocycles. The van der Waals surface area contributed by atoms with Crippen LogP contribution in [0, 0.1) is 0 Å². The number of hydrogen-bond donors (Lipinski definition) is 1. The first kappa shape index (κ1) is 17.8.